The summed E-state index contributed by atoms with van der Waals surface area (Å²) in [6.07, 6.45) is 12.8. The Morgan fingerprint density at radius 3 is 2.51 bits per heavy atom. The first kappa shape index (κ1) is 23.0. The molecule has 180 valence electrons. The minimum absolute atomic E-state index is 0.0619. The Morgan fingerprint density at radius 2 is 1.86 bits per heavy atom. The fourth-order valence-electron chi connectivity index (χ4n) is 4.15. The summed E-state index contributed by atoms with van der Waals surface area (Å²) in [6.45, 7) is 5.45. The predicted octanol–water partition coefficient (Wildman–Crippen LogP) is 3.83. The maximum Gasteiger partial charge on any atom is 0.225 e. The van der Waals surface area contributed by atoms with Crippen LogP contribution < -0.4 is 10.2 Å². The Morgan fingerprint density at radius 1 is 1.06 bits per heavy atom. The number of sulfone groups is 1. The SMILES string of the molecule is CCc1cnc(N2CC=C(c3cnc4c(Nc5ccc(S(C)(=O)=O)nc5C)cccn34)CC2)nc1. The molecule has 1 aliphatic rings. The molecule has 5 heterocycles. The van der Waals surface area contributed by atoms with Gasteiger partial charge in [0.2, 0.25) is 5.95 Å². The van der Waals surface area contributed by atoms with Crippen molar-refractivity contribution in [2.24, 2.45) is 0 Å². The summed E-state index contributed by atoms with van der Waals surface area (Å²) in [6, 6.07) is 7.16. The summed E-state index contributed by atoms with van der Waals surface area (Å²) in [5, 5.41) is 3.42. The summed E-state index contributed by atoms with van der Waals surface area (Å²) < 4.78 is 25.7. The van der Waals surface area contributed by atoms with Gasteiger partial charge in [0, 0.05) is 37.9 Å². The third kappa shape index (κ3) is 4.61. The van der Waals surface area contributed by atoms with Gasteiger partial charge >= 0.3 is 0 Å². The zero-order chi connectivity index (χ0) is 24.6. The molecule has 10 heteroatoms. The number of imidazole rings is 1. The van der Waals surface area contributed by atoms with Crippen molar-refractivity contribution in [2.75, 3.05) is 29.6 Å². The van der Waals surface area contributed by atoms with Crippen LogP contribution in [0.4, 0.5) is 17.3 Å². The lowest BCUT2D eigenvalue weighted by Crippen LogP contribution is -2.30. The van der Waals surface area contributed by atoms with E-state index in [2.05, 4.69) is 47.6 Å². The Kier molecular flexibility index (Phi) is 5.98. The first-order valence-electron chi connectivity index (χ1n) is 11.5. The number of nitrogens with one attached hydrogen (secondary N) is 1. The van der Waals surface area contributed by atoms with Crippen LogP contribution in [0, 0.1) is 6.92 Å². The highest BCUT2D eigenvalue weighted by Gasteiger charge is 2.19. The Hall–Kier alpha value is -3.79. The van der Waals surface area contributed by atoms with Crippen LogP contribution in [0.5, 0.6) is 0 Å². The van der Waals surface area contributed by atoms with Crippen LogP contribution >= 0.6 is 0 Å². The topological polar surface area (TPSA) is 105 Å². The molecule has 0 spiro atoms. The van der Waals surface area contributed by atoms with Crippen LogP contribution in [0.25, 0.3) is 11.2 Å². The van der Waals surface area contributed by atoms with Crippen LogP contribution in [0.15, 0.2) is 60.2 Å². The number of aryl methyl sites for hydroxylation is 2. The smallest absolute Gasteiger partial charge is 0.225 e. The summed E-state index contributed by atoms with van der Waals surface area (Å²) in [7, 11) is -3.36. The van der Waals surface area contributed by atoms with Crippen molar-refractivity contribution in [3.8, 4) is 0 Å². The van der Waals surface area contributed by atoms with Gasteiger partial charge in [-0.1, -0.05) is 13.0 Å². The lowest BCUT2D eigenvalue weighted by molar-refractivity contribution is 0.598. The van der Waals surface area contributed by atoms with Gasteiger partial charge in [-0.15, -0.1) is 0 Å². The number of rotatable bonds is 6. The Bertz CT molecular complexity index is 1530. The van der Waals surface area contributed by atoms with E-state index in [-0.39, 0.29) is 5.03 Å². The molecule has 9 nitrogen and oxygen atoms in total. The van der Waals surface area contributed by atoms with Crippen molar-refractivity contribution in [2.45, 2.75) is 31.7 Å². The molecule has 0 aliphatic carbocycles. The maximum atomic E-state index is 11.8. The van der Waals surface area contributed by atoms with Gasteiger partial charge in [0.1, 0.15) is 0 Å². The predicted molar refractivity (Wildman–Crippen MR) is 137 cm³/mol. The van der Waals surface area contributed by atoms with E-state index in [0.29, 0.717) is 5.69 Å². The molecule has 1 N–H and O–H groups in total. The van der Waals surface area contributed by atoms with Crippen LogP contribution in [0.3, 0.4) is 0 Å². The normalized spacial score (nSPS) is 14.3. The van der Waals surface area contributed by atoms with Gasteiger partial charge in [-0.25, -0.2) is 28.4 Å². The summed E-state index contributed by atoms with van der Waals surface area (Å²) in [4.78, 5) is 20.1. The average molecular weight is 490 g/mol. The molecule has 0 saturated carbocycles. The molecule has 0 saturated heterocycles. The fraction of sp³-hybridized carbons (Fsp3) is 0.280. The van der Waals surface area contributed by atoms with Crippen molar-refractivity contribution in [3.05, 3.63) is 72.1 Å². The van der Waals surface area contributed by atoms with Gasteiger partial charge in [0.15, 0.2) is 20.5 Å². The van der Waals surface area contributed by atoms with Crippen molar-refractivity contribution < 1.29 is 8.42 Å². The number of hydrogen-bond acceptors (Lipinski definition) is 8. The highest BCUT2D eigenvalue weighted by Crippen LogP contribution is 2.29. The molecule has 0 unspecified atom stereocenters. The highest BCUT2D eigenvalue weighted by molar-refractivity contribution is 7.90. The van der Waals surface area contributed by atoms with Crippen LogP contribution in [-0.2, 0) is 16.3 Å². The number of aromatic nitrogens is 5. The van der Waals surface area contributed by atoms with E-state index in [9.17, 15) is 8.42 Å². The van der Waals surface area contributed by atoms with Crippen LogP contribution in [0.1, 0.15) is 30.3 Å². The second-order valence-electron chi connectivity index (χ2n) is 8.61. The summed E-state index contributed by atoms with van der Waals surface area (Å²) in [5.74, 6) is 0.757. The molecule has 0 fully saturated rings. The lowest BCUT2D eigenvalue weighted by atomic mass is 10.1. The van der Waals surface area contributed by atoms with Gasteiger partial charge in [-0.05, 0) is 55.2 Å². The first-order valence-corrected chi connectivity index (χ1v) is 13.4. The second-order valence-corrected chi connectivity index (χ2v) is 10.6. The number of anilines is 3. The average Bonchev–Trinajstić information content (AvgIpc) is 3.30. The first-order chi connectivity index (χ1) is 16.8. The lowest BCUT2D eigenvalue weighted by Gasteiger charge is -2.26. The minimum atomic E-state index is -3.36. The van der Waals surface area contributed by atoms with Gasteiger partial charge in [-0.3, -0.25) is 4.40 Å². The zero-order valence-electron chi connectivity index (χ0n) is 19.9. The molecular weight excluding hydrogens is 462 g/mol. The molecule has 0 bridgehead atoms. The van der Waals surface area contributed by atoms with E-state index in [1.165, 1.54) is 11.6 Å². The van der Waals surface area contributed by atoms with E-state index in [0.717, 1.165) is 66.4 Å². The molecule has 1 aliphatic heterocycles. The van der Waals surface area contributed by atoms with E-state index in [1.807, 2.05) is 36.9 Å². The van der Waals surface area contributed by atoms with Gasteiger partial charge < -0.3 is 10.2 Å². The molecule has 4 aromatic rings. The van der Waals surface area contributed by atoms with E-state index in [4.69, 9.17) is 0 Å². The molecule has 0 amide bonds. The molecule has 0 aromatic carbocycles. The van der Waals surface area contributed by atoms with Gasteiger partial charge in [-0.2, -0.15) is 0 Å². The van der Waals surface area contributed by atoms with E-state index in [1.54, 1.807) is 13.0 Å². The second kappa shape index (κ2) is 9.10. The number of nitrogens with zero attached hydrogens (tertiary/aromatic N) is 6. The van der Waals surface area contributed by atoms with Crippen LogP contribution in [-0.4, -0.2) is 52.1 Å². The molecular formula is C25H27N7O2S. The number of fused-ring (bicyclic) bond motifs is 1. The van der Waals surface area contributed by atoms with Crippen molar-refractivity contribution in [1.29, 1.82) is 0 Å². The molecule has 35 heavy (non-hydrogen) atoms. The largest absolute Gasteiger partial charge is 0.351 e. The third-order valence-electron chi connectivity index (χ3n) is 6.17. The number of hydrogen-bond donors (Lipinski definition) is 1. The highest BCUT2D eigenvalue weighted by atomic mass is 32.2. The molecule has 0 atom stereocenters. The summed E-state index contributed by atoms with van der Waals surface area (Å²) in [5.41, 5.74) is 6.35. The van der Waals surface area contributed by atoms with Crippen molar-refractivity contribution in [1.82, 2.24) is 24.3 Å². The molecule has 5 rings (SSSR count). The maximum absolute atomic E-state index is 11.8. The fourth-order valence-corrected chi connectivity index (χ4v) is 4.76. The standard InChI is InChI=1S/C25H27N7O2S/c1-4-18-14-27-25(28-15-18)31-12-9-19(10-13-31)22-16-26-24-21(6-5-11-32(22)24)30-20-7-8-23(29-17(20)2)35(3,33)34/h5-9,11,14-16,30H,4,10,12-13H2,1-3H3. The van der Waals surface area contributed by atoms with Gasteiger partial charge in [0.05, 0.1) is 29.0 Å². The monoisotopic (exact) mass is 489 g/mol. The van der Waals surface area contributed by atoms with Gasteiger partial charge in [0.25, 0.3) is 0 Å². The number of pyridine rings is 2. The van der Waals surface area contributed by atoms with E-state index < -0.39 is 9.84 Å². The van der Waals surface area contributed by atoms with Crippen molar-refractivity contribution >= 4 is 38.4 Å². The van der Waals surface area contributed by atoms with Crippen molar-refractivity contribution in [3.63, 3.8) is 0 Å². The zero-order valence-corrected chi connectivity index (χ0v) is 20.7. The molecule has 0 radical (unpaired) electrons. The Balaban J connectivity index is 1.39. The molecule has 4 aromatic heterocycles. The van der Waals surface area contributed by atoms with E-state index >= 15 is 0 Å². The summed E-state index contributed by atoms with van der Waals surface area (Å²) >= 11 is 0. The van der Waals surface area contributed by atoms with Crippen LogP contribution in [0.2, 0.25) is 0 Å². The Labute approximate surface area is 204 Å². The third-order valence-corrected chi connectivity index (χ3v) is 7.15. The minimum Gasteiger partial charge on any atom is -0.351 e. The quantitative estimate of drug-likeness (QED) is 0.436.